The molecule has 1 saturated heterocycles. The lowest BCUT2D eigenvalue weighted by Crippen LogP contribution is -2.47. The molecule has 1 unspecified atom stereocenters. The van der Waals surface area contributed by atoms with Crippen LogP contribution < -0.4 is 5.73 Å². The van der Waals surface area contributed by atoms with Crippen LogP contribution in [0.1, 0.15) is 50.4 Å². The zero-order chi connectivity index (χ0) is 16.1. The molecule has 2 N–H and O–H groups in total. The molecule has 0 bridgehead atoms. The number of nitrogens with two attached hydrogens (primary N) is 1. The molecule has 0 saturated carbocycles. The van der Waals surface area contributed by atoms with Crippen LogP contribution >= 0.6 is 12.4 Å². The Bertz CT molecular complexity index is 495. The molecule has 0 aliphatic carbocycles. The van der Waals surface area contributed by atoms with E-state index in [1.54, 1.807) is 0 Å². The summed E-state index contributed by atoms with van der Waals surface area (Å²) in [5.41, 5.74) is 8.31. The molecule has 0 radical (unpaired) electrons. The van der Waals surface area contributed by atoms with Crippen LogP contribution in [-0.4, -0.2) is 39.7 Å². The minimum atomic E-state index is -0.312. The van der Waals surface area contributed by atoms with E-state index in [0.29, 0.717) is 5.92 Å². The highest BCUT2D eigenvalue weighted by atomic mass is 35.5. The lowest BCUT2D eigenvalue weighted by Gasteiger charge is -2.33. The van der Waals surface area contributed by atoms with Crippen molar-refractivity contribution < 1.29 is 4.79 Å². The first-order valence-electron chi connectivity index (χ1n) is 8.56. The number of aromatic nitrogens is 2. The molecular formula is C17H31ClN4O. The van der Waals surface area contributed by atoms with Gasteiger partial charge in [-0.1, -0.05) is 19.8 Å². The summed E-state index contributed by atoms with van der Waals surface area (Å²) >= 11 is 0. The van der Waals surface area contributed by atoms with Crippen LogP contribution in [0.25, 0.3) is 0 Å². The minimum absolute atomic E-state index is 0. The van der Waals surface area contributed by atoms with E-state index in [2.05, 4.69) is 29.7 Å². The van der Waals surface area contributed by atoms with E-state index in [-0.39, 0.29) is 24.4 Å². The Hall–Kier alpha value is -1.07. The van der Waals surface area contributed by atoms with Crippen molar-refractivity contribution in [3.05, 3.63) is 17.5 Å². The van der Waals surface area contributed by atoms with Gasteiger partial charge in [-0.05, 0) is 45.1 Å². The number of carbonyl (C=O) groups excluding carboxylic acids is 1. The fraction of sp³-hybridized carbons (Fsp3) is 0.765. The Morgan fingerprint density at radius 1 is 1.39 bits per heavy atom. The maximum atomic E-state index is 12.3. The Labute approximate surface area is 146 Å². The van der Waals surface area contributed by atoms with Gasteiger partial charge in [0.05, 0.1) is 11.7 Å². The summed E-state index contributed by atoms with van der Waals surface area (Å²) in [7, 11) is 0. The van der Waals surface area contributed by atoms with Gasteiger partial charge in [-0.3, -0.25) is 9.48 Å². The Kier molecular flexibility index (Phi) is 8.06. The van der Waals surface area contributed by atoms with Crippen molar-refractivity contribution in [3.8, 4) is 0 Å². The topological polar surface area (TPSA) is 64.2 Å². The third-order valence-electron chi connectivity index (χ3n) is 4.65. The zero-order valence-corrected chi connectivity index (χ0v) is 15.4. The third kappa shape index (κ3) is 5.50. The molecule has 2 rings (SSSR count). The normalized spacial score (nSPS) is 17.0. The van der Waals surface area contributed by atoms with Crippen molar-refractivity contribution in [1.82, 2.24) is 14.7 Å². The molecule has 1 aromatic heterocycles. The number of aryl methyl sites for hydroxylation is 2. The van der Waals surface area contributed by atoms with Crippen molar-refractivity contribution in [1.29, 1.82) is 0 Å². The van der Waals surface area contributed by atoms with E-state index < -0.39 is 0 Å². The summed E-state index contributed by atoms with van der Waals surface area (Å²) in [4.78, 5) is 14.3. The summed E-state index contributed by atoms with van der Waals surface area (Å²) in [6.07, 6.45) is 5.02. The summed E-state index contributed by atoms with van der Waals surface area (Å²) in [6, 6.07) is 1.80. The highest BCUT2D eigenvalue weighted by Crippen LogP contribution is 2.20. The largest absolute Gasteiger partial charge is 0.341 e. The smallest absolute Gasteiger partial charge is 0.239 e. The van der Waals surface area contributed by atoms with Gasteiger partial charge in [0.15, 0.2) is 0 Å². The molecule has 1 fully saturated rings. The van der Waals surface area contributed by atoms with Crippen molar-refractivity contribution in [2.45, 2.75) is 65.5 Å². The van der Waals surface area contributed by atoms with Crippen LogP contribution in [0.3, 0.4) is 0 Å². The average Bonchev–Trinajstić information content (AvgIpc) is 2.82. The SMILES string of the molecule is CCCCC(N)C(=O)N1CCC(Cn2nc(C)cc2C)CC1.Cl. The van der Waals surface area contributed by atoms with Crippen molar-refractivity contribution >= 4 is 18.3 Å². The van der Waals surface area contributed by atoms with Crippen LogP contribution in [0.2, 0.25) is 0 Å². The number of carbonyl (C=O) groups is 1. The number of piperidine rings is 1. The first kappa shape index (κ1) is 20.0. The second-order valence-corrected chi connectivity index (χ2v) is 6.63. The van der Waals surface area contributed by atoms with Crippen LogP contribution in [0.4, 0.5) is 0 Å². The molecule has 1 atom stereocenters. The highest BCUT2D eigenvalue weighted by Gasteiger charge is 2.26. The monoisotopic (exact) mass is 342 g/mol. The molecule has 0 spiro atoms. The minimum Gasteiger partial charge on any atom is -0.341 e. The number of unbranched alkanes of at least 4 members (excludes halogenated alkanes) is 1. The summed E-state index contributed by atoms with van der Waals surface area (Å²) < 4.78 is 2.10. The summed E-state index contributed by atoms with van der Waals surface area (Å²) in [5.74, 6) is 0.743. The molecule has 1 aliphatic heterocycles. The first-order valence-corrected chi connectivity index (χ1v) is 8.56. The Morgan fingerprint density at radius 3 is 2.57 bits per heavy atom. The molecule has 5 nitrogen and oxygen atoms in total. The first-order chi connectivity index (χ1) is 10.5. The van der Waals surface area contributed by atoms with Gasteiger partial charge in [0.1, 0.15) is 0 Å². The maximum absolute atomic E-state index is 12.3. The van der Waals surface area contributed by atoms with Gasteiger partial charge in [0.25, 0.3) is 0 Å². The van der Waals surface area contributed by atoms with Crippen LogP contribution in [-0.2, 0) is 11.3 Å². The lowest BCUT2D eigenvalue weighted by molar-refractivity contribution is -0.134. The van der Waals surface area contributed by atoms with E-state index in [0.717, 1.165) is 57.4 Å². The molecule has 1 aromatic rings. The lowest BCUT2D eigenvalue weighted by atomic mass is 9.96. The number of likely N-dealkylation sites (tertiary alicyclic amines) is 1. The molecule has 1 amide bonds. The third-order valence-corrected chi connectivity index (χ3v) is 4.65. The van der Waals surface area contributed by atoms with Gasteiger partial charge in [-0.2, -0.15) is 5.10 Å². The van der Waals surface area contributed by atoms with Crippen molar-refractivity contribution in [2.24, 2.45) is 11.7 Å². The van der Waals surface area contributed by atoms with E-state index in [1.807, 2.05) is 11.8 Å². The molecule has 23 heavy (non-hydrogen) atoms. The fourth-order valence-electron chi connectivity index (χ4n) is 3.22. The van der Waals surface area contributed by atoms with E-state index in [4.69, 9.17) is 5.73 Å². The predicted octanol–water partition coefficient (Wildman–Crippen LogP) is 2.68. The van der Waals surface area contributed by atoms with Crippen LogP contribution in [0.5, 0.6) is 0 Å². The second kappa shape index (κ2) is 9.28. The Morgan fingerprint density at radius 2 is 2.04 bits per heavy atom. The van der Waals surface area contributed by atoms with E-state index in [1.165, 1.54) is 5.69 Å². The predicted molar refractivity (Wildman–Crippen MR) is 95.8 cm³/mol. The van der Waals surface area contributed by atoms with Gasteiger partial charge in [-0.15, -0.1) is 12.4 Å². The van der Waals surface area contributed by atoms with E-state index in [9.17, 15) is 4.79 Å². The maximum Gasteiger partial charge on any atom is 0.239 e. The number of halogens is 1. The number of hydrogen-bond donors (Lipinski definition) is 1. The molecule has 132 valence electrons. The van der Waals surface area contributed by atoms with Crippen LogP contribution in [0.15, 0.2) is 6.07 Å². The molecule has 0 aromatic carbocycles. The number of nitrogens with zero attached hydrogens (tertiary/aromatic N) is 3. The average molecular weight is 343 g/mol. The Balaban J connectivity index is 0.00000264. The summed E-state index contributed by atoms with van der Waals surface area (Å²) in [6.45, 7) is 8.89. The van der Waals surface area contributed by atoms with Gasteiger partial charge in [0.2, 0.25) is 5.91 Å². The van der Waals surface area contributed by atoms with Gasteiger partial charge in [-0.25, -0.2) is 0 Å². The van der Waals surface area contributed by atoms with Crippen LogP contribution in [0, 0.1) is 19.8 Å². The molecule has 2 heterocycles. The second-order valence-electron chi connectivity index (χ2n) is 6.63. The number of hydrogen-bond acceptors (Lipinski definition) is 3. The quantitative estimate of drug-likeness (QED) is 0.864. The summed E-state index contributed by atoms with van der Waals surface area (Å²) in [5, 5.41) is 4.54. The van der Waals surface area contributed by atoms with E-state index >= 15 is 0 Å². The number of amides is 1. The van der Waals surface area contributed by atoms with Crippen molar-refractivity contribution in [3.63, 3.8) is 0 Å². The van der Waals surface area contributed by atoms with Gasteiger partial charge >= 0.3 is 0 Å². The van der Waals surface area contributed by atoms with Gasteiger partial charge in [0, 0.05) is 25.3 Å². The van der Waals surface area contributed by atoms with Gasteiger partial charge < -0.3 is 10.6 Å². The molecule has 6 heteroatoms. The molecular weight excluding hydrogens is 312 g/mol. The highest BCUT2D eigenvalue weighted by molar-refractivity contribution is 5.85. The fourth-order valence-corrected chi connectivity index (χ4v) is 3.22. The van der Waals surface area contributed by atoms with Crippen molar-refractivity contribution in [2.75, 3.05) is 13.1 Å². The standard InChI is InChI=1S/C17H30N4O.ClH/c1-4-5-6-16(18)17(22)20-9-7-15(8-10-20)12-21-14(3)11-13(2)19-21;/h11,15-16H,4-10,12,18H2,1-3H3;1H. The number of rotatable bonds is 6. The zero-order valence-electron chi connectivity index (χ0n) is 14.6. The molecule has 1 aliphatic rings.